The molecule has 0 saturated carbocycles. The zero-order valence-electron chi connectivity index (χ0n) is 18.1. The van der Waals surface area contributed by atoms with Gasteiger partial charge in [-0.15, -0.1) is 10.2 Å². The van der Waals surface area contributed by atoms with Crippen molar-refractivity contribution in [2.24, 2.45) is 0 Å². The van der Waals surface area contributed by atoms with Crippen LogP contribution in [-0.2, 0) is 13.0 Å². The van der Waals surface area contributed by atoms with Gasteiger partial charge in [-0.1, -0.05) is 12.1 Å². The molecule has 0 spiro atoms. The number of rotatable bonds is 4. The lowest BCUT2D eigenvalue weighted by atomic mass is 10.1. The van der Waals surface area contributed by atoms with Crippen LogP contribution in [-0.4, -0.2) is 29.4 Å². The summed E-state index contributed by atoms with van der Waals surface area (Å²) in [6.07, 6.45) is 4.08. The van der Waals surface area contributed by atoms with Crippen molar-refractivity contribution in [3.63, 3.8) is 0 Å². The van der Waals surface area contributed by atoms with Crippen molar-refractivity contribution < 1.29 is 8.78 Å². The van der Waals surface area contributed by atoms with Gasteiger partial charge < -0.3 is 9.55 Å². The van der Waals surface area contributed by atoms with Crippen molar-refractivity contribution >= 4 is 27.6 Å². The van der Waals surface area contributed by atoms with Crippen LogP contribution in [0.4, 0.5) is 8.78 Å². The molecule has 0 amide bonds. The van der Waals surface area contributed by atoms with E-state index in [4.69, 9.17) is 0 Å². The molecule has 0 fully saturated rings. The summed E-state index contributed by atoms with van der Waals surface area (Å²) in [5, 5.41) is 13.9. The molecular weight excluding hydrogens is 438 g/mol. The zero-order chi connectivity index (χ0) is 23.4. The fraction of sp³-hybridized carbons (Fsp3) is 0.120. The number of halogens is 2. The first-order valence-corrected chi connectivity index (χ1v) is 10.8. The first-order chi connectivity index (χ1) is 16.5. The Labute approximate surface area is 191 Å². The molecule has 7 nitrogen and oxygen atoms in total. The molecule has 6 aromatic rings. The van der Waals surface area contributed by atoms with Gasteiger partial charge in [-0.05, 0) is 60.9 Å². The summed E-state index contributed by atoms with van der Waals surface area (Å²) < 4.78 is 30.2. The summed E-state index contributed by atoms with van der Waals surface area (Å²) in [5.74, 6) is -0.627. The lowest BCUT2D eigenvalue weighted by molar-refractivity contribution is 0.628. The Morgan fingerprint density at radius 3 is 2.62 bits per heavy atom. The second-order valence-electron chi connectivity index (χ2n) is 8.20. The van der Waals surface area contributed by atoms with E-state index in [0.717, 1.165) is 27.6 Å². The number of fused-ring (bicyclic) bond motifs is 4. The van der Waals surface area contributed by atoms with Gasteiger partial charge in [0.25, 0.3) is 5.56 Å². The smallest absolute Gasteiger partial charge is 0.280 e. The largest absolute Gasteiger partial charge is 0.361 e. The number of H-pyrrole nitrogens is 1. The van der Waals surface area contributed by atoms with Gasteiger partial charge in [0.2, 0.25) is 0 Å². The van der Waals surface area contributed by atoms with Crippen molar-refractivity contribution in [2.45, 2.75) is 19.9 Å². The number of aryl methyl sites for hydroxylation is 3. The van der Waals surface area contributed by atoms with Crippen LogP contribution in [0.25, 0.3) is 38.7 Å². The van der Waals surface area contributed by atoms with Crippen molar-refractivity contribution in [3.05, 3.63) is 94.2 Å². The molecule has 0 unspecified atom stereocenters. The summed E-state index contributed by atoms with van der Waals surface area (Å²) in [4.78, 5) is 16.3. The number of nitrogens with one attached hydrogen (secondary N) is 1. The number of aromatic amines is 1. The van der Waals surface area contributed by atoms with Crippen LogP contribution in [0.3, 0.4) is 0 Å². The van der Waals surface area contributed by atoms with Gasteiger partial charge in [0.05, 0.1) is 11.3 Å². The van der Waals surface area contributed by atoms with Crippen molar-refractivity contribution in [2.75, 3.05) is 0 Å². The standard InChI is InChI=1S/C25H18F2N6O/c1-14-22(15-2-4-17(26)5-3-15)24-30-29-23-21(33(24)31-14)9-11-32(25(23)34)10-8-16-13-28-20-7-6-18(27)12-19(16)20/h2-7,9,11-13,28H,8,10H2,1H3. The van der Waals surface area contributed by atoms with E-state index in [1.165, 1.54) is 24.3 Å². The van der Waals surface area contributed by atoms with Crippen molar-refractivity contribution in [1.29, 1.82) is 0 Å². The van der Waals surface area contributed by atoms with Gasteiger partial charge in [-0.3, -0.25) is 4.79 Å². The highest BCUT2D eigenvalue weighted by molar-refractivity contribution is 5.85. The molecule has 9 heteroatoms. The third-order valence-electron chi connectivity index (χ3n) is 6.11. The van der Waals surface area contributed by atoms with Gasteiger partial charge in [0, 0.05) is 29.8 Å². The van der Waals surface area contributed by atoms with Gasteiger partial charge in [-0.25, -0.2) is 13.3 Å². The second kappa shape index (κ2) is 7.58. The molecule has 6 rings (SSSR count). The van der Waals surface area contributed by atoms with Crippen LogP contribution in [0.15, 0.2) is 65.7 Å². The summed E-state index contributed by atoms with van der Waals surface area (Å²) in [5.41, 5.74) is 4.94. The number of aromatic nitrogens is 6. The SMILES string of the molecule is Cc1nn2c(nnc3c(=O)n(CCc4c[nH]c5ccc(F)cc45)ccc32)c1-c1ccc(F)cc1. The summed E-state index contributed by atoms with van der Waals surface area (Å²) in [7, 11) is 0. The van der Waals surface area contributed by atoms with Crippen LogP contribution in [0.1, 0.15) is 11.3 Å². The Morgan fingerprint density at radius 1 is 1.00 bits per heavy atom. The molecule has 0 aliphatic rings. The highest BCUT2D eigenvalue weighted by Crippen LogP contribution is 2.28. The monoisotopic (exact) mass is 456 g/mol. The molecule has 34 heavy (non-hydrogen) atoms. The van der Waals surface area contributed by atoms with E-state index in [2.05, 4.69) is 20.3 Å². The summed E-state index contributed by atoms with van der Waals surface area (Å²) >= 11 is 0. The van der Waals surface area contributed by atoms with Crippen LogP contribution in [0, 0.1) is 18.6 Å². The minimum Gasteiger partial charge on any atom is -0.361 e. The van der Waals surface area contributed by atoms with Crippen LogP contribution in [0.2, 0.25) is 0 Å². The molecule has 0 bridgehead atoms. The predicted molar refractivity (Wildman–Crippen MR) is 125 cm³/mol. The Kier molecular flexibility index (Phi) is 4.51. The van der Waals surface area contributed by atoms with Crippen LogP contribution < -0.4 is 5.56 Å². The second-order valence-corrected chi connectivity index (χ2v) is 8.20. The Bertz CT molecular complexity index is 1760. The minimum absolute atomic E-state index is 0.202. The molecule has 4 heterocycles. The Balaban J connectivity index is 1.39. The highest BCUT2D eigenvalue weighted by atomic mass is 19.1. The molecule has 4 aromatic heterocycles. The van der Waals surface area contributed by atoms with E-state index < -0.39 is 0 Å². The molecular formula is C25H18F2N6O. The Morgan fingerprint density at radius 2 is 1.79 bits per heavy atom. The van der Waals surface area contributed by atoms with Crippen molar-refractivity contribution in [1.82, 2.24) is 29.4 Å². The maximum atomic E-state index is 13.7. The van der Waals surface area contributed by atoms with E-state index in [1.807, 2.05) is 13.1 Å². The topological polar surface area (TPSA) is 80.9 Å². The van der Waals surface area contributed by atoms with Gasteiger partial charge in [0.15, 0.2) is 11.2 Å². The number of pyridine rings is 1. The molecule has 2 aromatic carbocycles. The van der Waals surface area contributed by atoms with Gasteiger partial charge >= 0.3 is 0 Å². The number of hydrogen-bond donors (Lipinski definition) is 1. The maximum absolute atomic E-state index is 13.7. The average molecular weight is 456 g/mol. The van der Waals surface area contributed by atoms with E-state index in [1.54, 1.807) is 39.5 Å². The molecule has 1 N–H and O–H groups in total. The number of nitrogens with zero attached hydrogens (tertiary/aromatic N) is 5. The number of hydrogen-bond acceptors (Lipinski definition) is 4. The van der Waals surface area contributed by atoms with E-state index in [-0.39, 0.29) is 22.7 Å². The molecule has 0 saturated heterocycles. The Hall–Kier alpha value is -4.40. The summed E-state index contributed by atoms with van der Waals surface area (Å²) in [6.45, 7) is 2.24. The first-order valence-electron chi connectivity index (χ1n) is 10.8. The minimum atomic E-state index is -0.326. The molecule has 0 atom stereocenters. The molecule has 0 aliphatic carbocycles. The third-order valence-corrected chi connectivity index (χ3v) is 6.11. The van der Waals surface area contributed by atoms with E-state index in [9.17, 15) is 13.6 Å². The fourth-order valence-corrected chi connectivity index (χ4v) is 4.42. The van der Waals surface area contributed by atoms with Gasteiger partial charge in [-0.2, -0.15) is 5.10 Å². The molecule has 0 radical (unpaired) electrons. The summed E-state index contributed by atoms with van der Waals surface area (Å²) in [6, 6.07) is 12.5. The normalized spacial score (nSPS) is 11.7. The van der Waals surface area contributed by atoms with Crippen LogP contribution >= 0.6 is 0 Å². The fourth-order valence-electron chi connectivity index (χ4n) is 4.42. The first kappa shape index (κ1) is 20.2. The molecule has 168 valence electrons. The third kappa shape index (κ3) is 3.16. The highest BCUT2D eigenvalue weighted by Gasteiger charge is 2.17. The lowest BCUT2D eigenvalue weighted by Crippen LogP contribution is -2.22. The predicted octanol–water partition coefficient (Wildman–Crippen LogP) is 4.42. The molecule has 0 aliphatic heterocycles. The van der Waals surface area contributed by atoms with Gasteiger partial charge in [0.1, 0.15) is 17.2 Å². The van der Waals surface area contributed by atoms with E-state index in [0.29, 0.717) is 29.8 Å². The number of benzene rings is 2. The van der Waals surface area contributed by atoms with E-state index >= 15 is 0 Å². The van der Waals surface area contributed by atoms with Crippen molar-refractivity contribution in [3.8, 4) is 11.1 Å². The maximum Gasteiger partial charge on any atom is 0.280 e. The van der Waals surface area contributed by atoms with Crippen LogP contribution in [0.5, 0.6) is 0 Å². The lowest BCUT2D eigenvalue weighted by Gasteiger charge is -2.07. The quantitative estimate of drug-likeness (QED) is 0.426. The average Bonchev–Trinajstić information content (AvgIpc) is 3.39. The zero-order valence-corrected chi connectivity index (χ0v) is 18.1.